The fraction of sp³-hybridized carbons (Fsp3) is 0.257. The fourth-order valence-electron chi connectivity index (χ4n) is 5.42. The summed E-state index contributed by atoms with van der Waals surface area (Å²) in [6.07, 6.45) is 2.28. The van der Waals surface area contributed by atoms with Gasteiger partial charge in [-0.05, 0) is 84.0 Å². The third kappa shape index (κ3) is 5.77. The predicted octanol–water partition coefficient (Wildman–Crippen LogP) is 6.22. The van der Waals surface area contributed by atoms with Crippen molar-refractivity contribution in [3.8, 4) is 23.2 Å². The van der Waals surface area contributed by atoms with E-state index < -0.39 is 11.8 Å². The minimum atomic E-state index is -0.605. The molecular weight excluding hydrogens is 559 g/mol. The third-order valence-corrected chi connectivity index (χ3v) is 8.02. The van der Waals surface area contributed by atoms with Crippen LogP contribution in [0.25, 0.3) is 22.3 Å². The number of aryl methyl sites for hydroxylation is 2. The second-order valence-electron chi connectivity index (χ2n) is 10.9. The Morgan fingerprint density at radius 2 is 1.86 bits per heavy atom. The Labute approximate surface area is 254 Å². The number of benzene rings is 3. The lowest BCUT2D eigenvalue weighted by atomic mass is 9.90. The van der Waals surface area contributed by atoms with Gasteiger partial charge in [-0.15, -0.1) is 0 Å². The van der Waals surface area contributed by atoms with Gasteiger partial charge in [-0.3, -0.25) is 0 Å². The molecule has 0 N–H and O–H groups in total. The number of imidazole rings is 1. The van der Waals surface area contributed by atoms with Crippen LogP contribution in [0.5, 0.6) is 5.88 Å². The summed E-state index contributed by atoms with van der Waals surface area (Å²) in [6.45, 7) is 4.37. The van der Waals surface area contributed by atoms with Crippen LogP contribution in [0.2, 0.25) is 0 Å². The van der Waals surface area contributed by atoms with Crippen molar-refractivity contribution in [1.29, 1.82) is 5.26 Å². The highest BCUT2D eigenvalue weighted by Crippen LogP contribution is 2.32. The molecule has 0 spiro atoms. The maximum Gasteiger partial charge on any atom is 0.338 e. The first-order chi connectivity index (χ1) is 21.3. The maximum absolute atomic E-state index is 15.0. The SMILES string of the molecule is C1COC1.COC(=O)c1cc(F)c2nc(Cc3cc(C)c4cc3Cc3cc(C#N)ccc3COc3cccc-4n3)n(C)c2c1. The van der Waals surface area contributed by atoms with Crippen LogP contribution in [0.1, 0.15) is 56.0 Å². The molecule has 8 nitrogen and oxygen atoms in total. The van der Waals surface area contributed by atoms with Crippen LogP contribution < -0.4 is 4.74 Å². The summed E-state index contributed by atoms with van der Waals surface area (Å²) in [5.74, 6) is 0.0103. The van der Waals surface area contributed by atoms with Gasteiger partial charge in [-0.1, -0.05) is 18.2 Å². The van der Waals surface area contributed by atoms with Crippen molar-refractivity contribution in [2.75, 3.05) is 20.3 Å². The highest BCUT2D eigenvalue weighted by Gasteiger charge is 2.20. The molecule has 1 fully saturated rings. The van der Waals surface area contributed by atoms with Crippen LogP contribution in [-0.2, 0) is 36.0 Å². The van der Waals surface area contributed by atoms with E-state index in [-0.39, 0.29) is 11.1 Å². The Morgan fingerprint density at radius 1 is 1.07 bits per heavy atom. The van der Waals surface area contributed by atoms with Crippen LogP contribution in [0.15, 0.2) is 60.7 Å². The number of carbonyl (C=O) groups is 1. The van der Waals surface area contributed by atoms with Crippen molar-refractivity contribution >= 4 is 17.0 Å². The Balaban J connectivity index is 0.000000794. The fourth-order valence-corrected chi connectivity index (χ4v) is 5.42. The summed E-state index contributed by atoms with van der Waals surface area (Å²) < 4.78 is 32.3. The van der Waals surface area contributed by atoms with Crippen molar-refractivity contribution in [2.24, 2.45) is 7.05 Å². The van der Waals surface area contributed by atoms with Crippen LogP contribution in [-0.4, -0.2) is 40.8 Å². The summed E-state index contributed by atoms with van der Waals surface area (Å²) in [5, 5.41) is 9.56. The molecule has 0 atom stereocenters. The summed E-state index contributed by atoms with van der Waals surface area (Å²) >= 11 is 0. The Bertz CT molecular complexity index is 1930. The van der Waals surface area contributed by atoms with Crippen molar-refractivity contribution in [3.05, 3.63) is 111 Å². The molecule has 3 aromatic carbocycles. The number of nitriles is 1. The number of methoxy groups -OCH3 is 1. The lowest BCUT2D eigenvalue weighted by molar-refractivity contribution is 0.0367. The van der Waals surface area contributed by atoms with E-state index in [9.17, 15) is 14.4 Å². The molecule has 2 aliphatic heterocycles. The number of rotatable bonds is 3. The van der Waals surface area contributed by atoms with Crippen LogP contribution in [0.4, 0.5) is 4.39 Å². The molecule has 2 aromatic heterocycles. The summed E-state index contributed by atoms with van der Waals surface area (Å²) in [6, 6.07) is 20.6. The van der Waals surface area contributed by atoms with E-state index in [1.165, 1.54) is 13.5 Å². The topological polar surface area (TPSA) is 99.3 Å². The molecule has 0 saturated carbocycles. The number of carbonyl (C=O) groups excluding carboxylic acids is 1. The third-order valence-electron chi connectivity index (χ3n) is 8.02. The minimum absolute atomic E-state index is 0.135. The second kappa shape index (κ2) is 12.3. The van der Waals surface area contributed by atoms with Crippen LogP contribution in [0.3, 0.4) is 0 Å². The zero-order chi connectivity index (χ0) is 30.8. The van der Waals surface area contributed by atoms with Gasteiger partial charge in [0.05, 0.1) is 35.5 Å². The molecule has 5 aromatic rings. The Kier molecular flexibility index (Phi) is 8.09. The summed E-state index contributed by atoms with van der Waals surface area (Å²) in [7, 11) is 3.08. The standard InChI is InChI=1S/C32H25FN4O3.C3H6O/c1-18-9-21(15-29-36-31-26(33)13-24(32(38)39-3)14-28(31)37(29)2)23-11-22-10-19(16-34)7-8-20(22)17-40-30-6-4-5-27(35-30)25(18)12-23;1-2-4-3-1/h4-10,12-14H,11,15,17H2,1-3H3;1-3H2. The molecule has 0 radical (unpaired) electrons. The number of pyridine rings is 1. The molecule has 0 unspecified atom stereocenters. The first kappa shape index (κ1) is 29.0. The van der Waals surface area contributed by atoms with Gasteiger partial charge in [0.25, 0.3) is 0 Å². The number of aromatic nitrogens is 3. The van der Waals surface area contributed by atoms with Gasteiger partial charge in [-0.25, -0.2) is 19.2 Å². The van der Waals surface area contributed by atoms with Crippen molar-refractivity contribution in [3.63, 3.8) is 0 Å². The molecule has 4 heterocycles. The number of hydrogen-bond donors (Lipinski definition) is 0. The first-order valence-corrected chi connectivity index (χ1v) is 14.4. The van der Waals surface area contributed by atoms with E-state index in [1.54, 1.807) is 12.1 Å². The normalized spacial score (nSPS) is 13.2. The summed E-state index contributed by atoms with van der Waals surface area (Å²) in [4.78, 5) is 21.4. The van der Waals surface area contributed by atoms with Gasteiger partial charge in [0.15, 0.2) is 5.82 Å². The number of fused-ring (bicyclic) bond motifs is 7. The van der Waals surface area contributed by atoms with E-state index >= 15 is 0 Å². The van der Waals surface area contributed by atoms with E-state index in [0.717, 1.165) is 58.4 Å². The van der Waals surface area contributed by atoms with E-state index in [1.807, 2.05) is 48.9 Å². The van der Waals surface area contributed by atoms with Crippen molar-refractivity contribution in [2.45, 2.75) is 32.8 Å². The van der Waals surface area contributed by atoms with Crippen molar-refractivity contribution in [1.82, 2.24) is 14.5 Å². The highest BCUT2D eigenvalue weighted by molar-refractivity contribution is 5.94. The minimum Gasteiger partial charge on any atom is -0.473 e. The molecule has 9 heteroatoms. The molecule has 44 heavy (non-hydrogen) atoms. The number of hydrogen-bond acceptors (Lipinski definition) is 7. The lowest BCUT2D eigenvalue weighted by Crippen LogP contribution is -2.09. The maximum atomic E-state index is 15.0. The van der Waals surface area contributed by atoms with Gasteiger partial charge in [0.2, 0.25) is 5.88 Å². The van der Waals surface area contributed by atoms with Gasteiger partial charge < -0.3 is 18.8 Å². The number of halogens is 1. The zero-order valence-electron chi connectivity index (χ0n) is 24.8. The quantitative estimate of drug-likeness (QED) is 0.230. The van der Waals surface area contributed by atoms with E-state index in [4.69, 9.17) is 19.2 Å². The van der Waals surface area contributed by atoms with Gasteiger partial charge >= 0.3 is 5.97 Å². The second-order valence-corrected chi connectivity index (χ2v) is 10.9. The molecule has 1 saturated heterocycles. The van der Waals surface area contributed by atoms with Crippen molar-refractivity contribution < 1.29 is 23.4 Å². The molecule has 222 valence electrons. The van der Waals surface area contributed by atoms with Crippen LogP contribution >= 0.6 is 0 Å². The van der Waals surface area contributed by atoms with E-state index in [0.29, 0.717) is 42.2 Å². The van der Waals surface area contributed by atoms with Gasteiger partial charge in [0, 0.05) is 38.3 Å². The molecular formula is C35H31FN4O4. The number of nitrogens with zero attached hydrogens (tertiary/aromatic N) is 4. The van der Waals surface area contributed by atoms with E-state index in [2.05, 4.69) is 23.2 Å². The van der Waals surface area contributed by atoms with Gasteiger partial charge in [-0.2, -0.15) is 5.26 Å². The van der Waals surface area contributed by atoms with Crippen LogP contribution in [0, 0.1) is 24.1 Å². The van der Waals surface area contributed by atoms with Gasteiger partial charge in [0.1, 0.15) is 17.9 Å². The summed E-state index contributed by atoms with van der Waals surface area (Å²) in [5.41, 5.74) is 8.30. The highest BCUT2D eigenvalue weighted by atomic mass is 19.1. The smallest absolute Gasteiger partial charge is 0.338 e. The monoisotopic (exact) mass is 590 g/mol. The molecule has 7 rings (SSSR count). The Hall–Kier alpha value is -5.07. The molecule has 4 bridgehead atoms. The Morgan fingerprint density at radius 3 is 2.59 bits per heavy atom. The zero-order valence-corrected chi connectivity index (χ0v) is 24.8. The molecule has 0 aliphatic carbocycles. The average molecular weight is 591 g/mol. The average Bonchev–Trinajstić information content (AvgIpc) is 3.30. The largest absolute Gasteiger partial charge is 0.473 e. The number of ether oxygens (including phenoxy) is 3. The first-order valence-electron chi connectivity index (χ1n) is 14.4. The lowest BCUT2D eigenvalue weighted by Gasteiger charge is -2.16. The molecule has 2 aliphatic rings. The molecule has 0 amide bonds. The predicted molar refractivity (Wildman–Crippen MR) is 163 cm³/mol. The number of esters is 1.